The highest BCUT2D eigenvalue weighted by molar-refractivity contribution is 5.89. The maximum absolute atomic E-state index is 13.4. The largest absolute Gasteiger partial charge is 0.484 e. The predicted octanol–water partition coefficient (Wildman–Crippen LogP) is 5.71. The molecule has 12 nitrogen and oxygen atoms in total. The molecule has 1 aliphatic carbocycles. The molecule has 0 spiro atoms. The number of aryl methyl sites for hydroxylation is 1. The normalized spacial score (nSPS) is 18.5. The molecule has 45 heavy (non-hydrogen) atoms. The molecule has 0 saturated carbocycles. The Morgan fingerprint density at radius 2 is 1.78 bits per heavy atom. The maximum atomic E-state index is 13.4. The number of amides is 2. The number of hydrogen-bond donors (Lipinski definition) is 2. The Bertz CT molecular complexity index is 1820. The molecule has 5 heterocycles. The molecule has 2 N–H and O–H groups in total. The van der Waals surface area contributed by atoms with Crippen molar-refractivity contribution in [3.63, 3.8) is 0 Å². The van der Waals surface area contributed by atoms with Crippen LogP contribution in [0, 0.1) is 0 Å². The SMILES string of the molecule is Cn1cc(-n2nc(C(C)(C)C)cc2NC(=O)N[C@H]2CC[C@@H](Oc3ccc4nnc(N5CCCCC5)n4c3)c3ccccc32)cn1. The van der Waals surface area contributed by atoms with E-state index in [1.54, 1.807) is 15.6 Å². The third kappa shape index (κ3) is 5.84. The molecular formula is C33H40N10O2. The van der Waals surface area contributed by atoms with Gasteiger partial charge in [-0.1, -0.05) is 45.0 Å². The number of carbonyl (C=O) groups excluding carboxylic acids is 1. The average Bonchev–Trinajstić information content (AvgIpc) is 3.77. The molecule has 0 radical (unpaired) electrons. The van der Waals surface area contributed by atoms with E-state index in [2.05, 4.69) is 63.7 Å². The lowest BCUT2D eigenvalue weighted by molar-refractivity contribution is 0.171. The van der Waals surface area contributed by atoms with Crippen molar-refractivity contribution < 1.29 is 9.53 Å². The van der Waals surface area contributed by atoms with Gasteiger partial charge in [-0.05, 0) is 55.4 Å². The first-order valence-corrected chi connectivity index (χ1v) is 15.8. The minimum atomic E-state index is -0.289. The van der Waals surface area contributed by atoms with Crippen LogP contribution in [0.4, 0.5) is 16.6 Å². The van der Waals surface area contributed by atoms with Gasteiger partial charge in [0, 0.05) is 31.6 Å². The zero-order chi connectivity index (χ0) is 31.1. The van der Waals surface area contributed by atoms with Crippen molar-refractivity contribution in [1.82, 2.24) is 39.5 Å². The first kappa shape index (κ1) is 28.9. The lowest BCUT2D eigenvalue weighted by Gasteiger charge is -2.32. The fourth-order valence-electron chi connectivity index (χ4n) is 6.29. The number of nitrogens with zero attached hydrogens (tertiary/aromatic N) is 8. The summed E-state index contributed by atoms with van der Waals surface area (Å²) in [5.74, 6) is 2.22. The Morgan fingerprint density at radius 3 is 2.53 bits per heavy atom. The number of carbonyl (C=O) groups is 1. The van der Waals surface area contributed by atoms with Crippen LogP contribution in [0.3, 0.4) is 0 Å². The summed E-state index contributed by atoms with van der Waals surface area (Å²) < 4.78 is 12.1. The van der Waals surface area contributed by atoms with Crippen LogP contribution >= 0.6 is 0 Å². The second kappa shape index (κ2) is 11.6. The molecule has 7 rings (SSSR count). The molecule has 0 bridgehead atoms. The standard InChI is InChI=1S/C33H40N10O2/c1-33(2,3)28-18-30(43(39-28)22-19-34-40(4)20-22)36-31(44)35-26-13-14-27(25-11-7-6-10-24(25)26)45-23-12-15-29-37-38-32(42(29)21-23)41-16-8-5-9-17-41/h6-7,10-12,15,18-21,26-27H,5,8-9,13-14,16-17H2,1-4H3,(H2,35,36,44)/t26-,27+/m0/s1. The van der Waals surface area contributed by atoms with E-state index in [1.165, 1.54) is 19.3 Å². The first-order chi connectivity index (χ1) is 21.7. The van der Waals surface area contributed by atoms with Gasteiger partial charge in [-0.15, -0.1) is 10.2 Å². The van der Waals surface area contributed by atoms with Crippen molar-refractivity contribution >= 4 is 23.4 Å². The molecule has 1 saturated heterocycles. The number of piperidine rings is 1. The fourth-order valence-corrected chi connectivity index (χ4v) is 6.29. The van der Waals surface area contributed by atoms with Gasteiger partial charge in [-0.3, -0.25) is 14.4 Å². The highest BCUT2D eigenvalue weighted by atomic mass is 16.5. The Morgan fingerprint density at radius 1 is 0.978 bits per heavy atom. The number of fused-ring (bicyclic) bond motifs is 2. The molecule has 1 fully saturated rings. The molecule has 1 aliphatic heterocycles. The number of urea groups is 1. The van der Waals surface area contributed by atoms with Crippen molar-refractivity contribution in [3.8, 4) is 11.4 Å². The fraction of sp³-hybridized carbons (Fsp3) is 0.424. The van der Waals surface area contributed by atoms with Gasteiger partial charge in [0.05, 0.1) is 30.3 Å². The summed E-state index contributed by atoms with van der Waals surface area (Å²) >= 11 is 0. The summed E-state index contributed by atoms with van der Waals surface area (Å²) in [5.41, 5.74) is 4.40. The summed E-state index contributed by atoms with van der Waals surface area (Å²) in [7, 11) is 1.86. The van der Waals surface area contributed by atoms with Crippen LogP contribution in [-0.2, 0) is 12.5 Å². The molecule has 2 amide bonds. The van der Waals surface area contributed by atoms with Gasteiger partial charge in [0.1, 0.15) is 23.4 Å². The first-order valence-electron chi connectivity index (χ1n) is 15.8. The highest BCUT2D eigenvalue weighted by Crippen LogP contribution is 2.39. The molecule has 12 heteroatoms. The minimum Gasteiger partial charge on any atom is -0.484 e. The van der Waals surface area contributed by atoms with E-state index in [4.69, 9.17) is 9.84 Å². The molecule has 1 aromatic carbocycles. The summed E-state index contributed by atoms with van der Waals surface area (Å²) in [5, 5.41) is 24.2. The zero-order valence-corrected chi connectivity index (χ0v) is 26.3. The highest BCUT2D eigenvalue weighted by Gasteiger charge is 2.30. The summed E-state index contributed by atoms with van der Waals surface area (Å²) in [4.78, 5) is 15.7. The Balaban J connectivity index is 1.08. The van der Waals surface area contributed by atoms with E-state index >= 15 is 0 Å². The molecule has 5 aromatic rings. The number of hydrogen-bond acceptors (Lipinski definition) is 7. The summed E-state index contributed by atoms with van der Waals surface area (Å²) in [6.45, 7) is 8.29. The second-order valence-electron chi connectivity index (χ2n) is 13.1. The molecule has 4 aromatic heterocycles. The van der Waals surface area contributed by atoms with Crippen LogP contribution in [0.15, 0.2) is 61.1 Å². The van der Waals surface area contributed by atoms with E-state index in [0.29, 0.717) is 5.82 Å². The Kier molecular flexibility index (Phi) is 7.42. The Labute approximate surface area is 262 Å². The predicted molar refractivity (Wildman–Crippen MR) is 172 cm³/mol. The number of nitrogens with one attached hydrogen (secondary N) is 2. The third-order valence-corrected chi connectivity index (χ3v) is 8.67. The topological polar surface area (TPSA) is 119 Å². The van der Waals surface area contributed by atoms with Gasteiger partial charge in [0.15, 0.2) is 5.65 Å². The molecule has 2 atom stereocenters. The lowest BCUT2D eigenvalue weighted by atomic mass is 9.85. The smallest absolute Gasteiger partial charge is 0.320 e. The van der Waals surface area contributed by atoms with Crippen LogP contribution < -0.4 is 20.3 Å². The van der Waals surface area contributed by atoms with Crippen LogP contribution in [0.5, 0.6) is 5.75 Å². The van der Waals surface area contributed by atoms with Gasteiger partial charge < -0.3 is 15.0 Å². The number of anilines is 2. The quantitative estimate of drug-likeness (QED) is 0.253. The number of ether oxygens (including phenoxy) is 1. The van der Waals surface area contributed by atoms with Gasteiger partial charge in [0.2, 0.25) is 5.95 Å². The van der Waals surface area contributed by atoms with E-state index in [-0.39, 0.29) is 23.6 Å². The Hall–Kier alpha value is -4.87. The van der Waals surface area contributed by atoms with Crippen molar-refractivity contribution in [2.24, 2.45) is 7.05 Å². The third-order valence-electron chi connectivity index (χ3n) is 8.67. The molecular weight excluding hydrogens is 568 g/mol. The van der Waals surface area contributed by atoms with E-state index in [1.807, 2.05) is 54.2 Å². The average molecular weight is 609 g/mol. The van der Waals surface area contributed by atoms with E-state index in [0.717, 1.165) is 65.8 Å². The molecule has 2 aliphatic rings. The summed E-state index contributed by atoms with van der Waals surface area (Å²) in [6, 6.07) is 13.6. The van der Waals surface area contributed by atoms with Crippen molar-refractivity contribution in [2.75, 3.05) is 23.3 Å². The molecule has 234 valence electrons. The van der Waals surface area contributed by atoms with E-state index < -0.39 is 0 Å². The number of pyridine rings is 1. The van der Waals surface area contributed by atoms with Gasteiger partial charge in [-0.25, -0.2) is 9.48 Å². The number of benzene rings is 1. The van der Waals surface area contributed by atoms with Crippen molar-refractivity contribution in [1.29, 1.82) is 0 Å². The van der Waals surface area contributed by atoms with E-state index in [9.17, 15) is 4.79 Å². The van der Waals surface area contributed by atoms with Crippen molar-refractivity contribution in [2.45, 2.75) is 70.4 Å². The lowest BCUT2D eigenvalue weighted by Crippen LogP contribution is -2.36. The minimum absolute atomic E-state index is 0.143. The van der Waals surface area contributed by atoms with Gasteiger partial charge in [-0.2, -0.15) is 10.2 Å². The summed E-state index contributed by atoms with van der Waals surface area (Å²) in [6.07, 6.45) is 10.5. The molecule has 0 unspecified atom stereocenters. The van der Waals surface area contributed by atoms with Crippen LogP contribution in [0.2, 0.25) is 0 Å². The zero-order valence-electron chi connectivity index (χ0n) is 26.3. The van der Waals surface area contributed by atoms with Gasteiger partial charge >= 0.3 is 6.03 Å². The van der Waals surface area contributed by atoms with Gasteiger partial charge in [0.25, 0.3) is 0 Å². The number of aromatic nitrogens is 7. The number of rotatable bonds is 6. The van der Waals surface area contributed by atoms with Crippen LogP contribution in [0.1, 0.15) is 81.8 Å². The van der Waals surface area contributed by atoms with Crippen LogP contribution in [-0.4, -0.2) is 53.3 Å². The maximum Gasteiger partial charge on any atom is 0.320 e. The van der Waals surface area contributed by atoms with Crippen molar-refractivity contribution in [3.05, 3.63) is 77.9 Å². The van der Waals surface area contributed by atoms with Crippen LogP contribution in [0.25, 0.3) is 11.3 Å². The monoisotopic (exact) mass is 608 g/mol. The second-order valence-corrected chi connectivity index (χ2v) is 13.1.